The van der Waals surface area contributed by atoms with Gasteiger partial charge in [0, 0.05) is 37.4 Å². The van der Waals surface area contributed by atoms with Crippen LogP contribution in [0.25, 0.3) is 0 Å². The van der Waals surface area contributed by atoms with Crippen molar-refractivity contribution in [3.05, 3.63) is 0 Å². The summed E-state index contributed by atoms with van der Waals surface area (Å²) in [6, 6.07) is -1.39. The van der Waals surface area contributed by atoms with E-state index in [0.717, 1.165) is 30.8 Å². The van der Waals surface area contributed by atoms with Crippen LogP contribution in [0.2, 0.25) is 0 Å². The minimum absolute atomic E-state index is 0.173. The SMILES string of the molecule is CC(C)[C@@H](NC(=O)OC(C)(C)C)C(=O)N1CC2(C[C@H]1C(=O)NCCCCCCC(=O)NO)SCCS2. The molecule has 0 aliphatic carbocycles. The van der Waals surface area contributed by atoms with E-state index < -0.39 is 29.7 Å². The number of alkyl carbamates (subject to hydrolysis) is 1. The Morgan fingerprint density at radius 1 is 1.08 bits per heavy atom. The van der Waals surface area contributed by atoms with Gasteiger partial charge in [0.25, 0.3) is 0 Å². The van der Waals surface area contributed by atoms with E-state index in [9.17, 15) is 19.2 Å². The third-order valence-corrected chi connectivity index (χ3v) is 9.48. The van der Waals surface area contributed by atoms with Crippen molar-refractivity contribution in [2.24, 2.45) is 5.92 Å². The molecule has 2 fully saturated rings. The lowest BCUT2D eigenvalue weighted by Crippen LogP contribution is -2.56. The molecule has 0 radical (unpaired) electrons. The summed E-state index contributed by atoms with van der Waals surface area (Å²) in [5.41, 5.74) is 0.937. The summed E-state index contributed by atoms with van der Waals surface area (Å²) in [6.45, 7) is 9.98. The smallest absolute Gasteiger partial charge is 0.408 e. The molecule has 2 saturated heterocycles. The number of ether oxygens (including phenoxy) is 1. The van der Waals surface area contributed by atoms with E-state index in [-0.39, 0.29) is 28.2 Å². The fourth-order valence-electron chi connectivity index (χ4n) is 4.29. The molecule has 0 aromatic heterocycles. The number of rotatable bonds is 11. The maximum Gasteiger partial charge on any atom is 0.408 e. The number of nitrogens with one attached hydrogen (secondary N) is 3. The Balaban J connectivity index is 1.99. The normalized spacial score (nSPS) is 19.9. The van der Waals surface area contributed by atoms with Gasteiger partial charge in [0.15, 0.2) is 0 Å². The molecule has 4 N–H and O–H groups in total. The number of carbonyl (C=O) groups is 4. The molecular formula is C24H42N4O6S2. The van der Waals surface area contributed by atoms with Crippen LogP contribution in [0, 0.1) is 5.92 Å². The van der Waals surface area contributed by atoms with E-state index in [0.29, 0.717) is 25.9 Å². The second kappa shape index (κ2) is 13.8. The molecule has 2 atom stereocenters. The Bertz CT molecular complexity index is 783. The molecule has 2 aliphatic heterocycles. The van der Waals surface area contributed by atoms with Gasteiger partial charge in [-0.25, -0.2) is 10.3 Å². The number of amides is 4. The first-order chi connectivity index (χ1) is 16.9. The highest BCUT2D eigenvalue weighted by molar-refractivity contribution is 8.21. The Kier molecular flexibility index (Phi) is 11.7. The lowest BCUT2D eigenvalue weighted by molar-refractivity contribution is -0.140. The van der Waals surface area contributed by atoms with E-state index in [2.05, 4.69) is 10.6 Å². The molecule has 0 aromatic carbocycles. The van der Waals surface area contributed by atoms with E-state index in [4.69, 9.17) is 9.94 Å². The van der Waals surface area contributed by atoms with E-state index in [1.54, 1.807) is 54.7 Å². The first-order valence-corrected chi connectivity index (χ1v) is 14.6. The molecule has 0 unspecified atom stereocenters. The highest BCUT2D eigenvalue weighted by atomic mass is 32.2. The molecule has 4 amide bonds. The molecule has 2 heterocycles. The summed E-state index contributed by atoms with van der Waals surface area (Å²) in [5, 5.41) is 14.2. The van der Waals surface area contributed by atoms with Crippen LogP contribution >= 0.6 is 23.5 Å². The topological polar surface area (TPSA) is 137 Å². The predicted octanol–water partition coefficient (Wildman–Crippen LogP) is 2.89. The van der Waals surface area contributed by atoms with Crippen molar-refractivity contribution in [2.75, 3.05) is 24.6 Å². The van der Waals surface area contributed by atoms with Gasteiger partial charge < -0.3 is 20.3 Å². The lowest BCUT2D eigenvalue weighted by Gasteiger charge is -2.31. The van der Waals surface area contributed by atoms with Crippen molar-refractivity contribution in [3.8, 4) is 0 Å². The lowest BCUT2D eigenvalue weighted by atomic mass is 10.0. The van der Waals surface area contributed by atoms with Crippen molar-refractivity contribution in [2.45, 2.75) is 94.9 Å². The molecular weight excluding hydrogens is 504 g/mol. The number of carbonyl (C=O) groups excluding carboxylic acids is 4. The number of nitrogens with zero attached hydrogens (tertiary/aromatic N) is 1. The number of likely N-dealkylation sites (tertiary alicyclic amines) is 1. The van der Waals surface area contributed by atoms with Crippen LogP contribution in [-0.4, -0.2) is 80.3 Å². The fraction of sp³-hybridized carbons (Fsp3) is 0.833. The molecule has 12 heteroatoms. The predicted molar refractivity (Wildman–Crippen MR) is 142 cm³/mol. The molecule has 2 aliphatic rings. The maximum absolute atomic E-state index is 13.7. The third-order valence-electron chi connectivity index (χ3n) is 6.05. The van der Waals surface area contributed by atoms with Gasteiger partial charge in [0.1, 0.15) is 17.7 Å². The van der Waals surface area contributed by atoms with Gasteiger partial charge in [-0.2, -0.15) is 0 Å². The number of unbranched alkanes of at least 4 members (excludes halogenated alkanes) is 3. The van der Waals surface area contributed by atoms with Crippen LogP contribution in [0.3, 0.4) is 0 Å². The zero-order chi connectivity index (χ0) is 26.9. The quantitative estimate of drug-likeness (QED) is 0.176. The summed E-state index contributed by atoms with van der Waals surface area (Å²) < 4.78 is 5.17. The first-order valence-electron chi connectivity index (χ1n) is 12.7. The minimum atomic E-state index is -0.794. The standard InChI is InChI=1S/C24H42N4O6S2/c1-16(2)19(26-22(32)34-23(3,4)5)21(31)28-15-24(35-12-13-36-24)14-17(28)20(30)25-11-9-7-6-8-10-18(29)27-33/h16-17,19,33H,6-15H2,1-5H3,(H,25,30)(H,26,32)(H,27,29)/t17-,19+/m0/s1. The molecule has 0 bridgehead atoms. The van der Waals surface area contributed by atoms with Crippen LogP contribution < -0.4 is 16.1 Å². The summed E-state index contributed by atoms with van der Waals surface area (Å²) in [7, 11) is 0. The largest absolute Gasteiger partial charge is 0.444 e. The van der Waals surface area contributed by atoms with Gasteiger partial charge in [-0.1, -0.05) is 26.7 Å². The van der Waals surface area contributed by atoms with Gasteiger partial charge in [0.2, 0.25) is 17.7 Å². The van der Waals surface area contributed by atoms with Gasteiger partial charge in [-0.3, -0.25) is 19.6 Å². The Morgan fingerprint density at radius 3 is 2.31 bits per heavy atom. The molecule has 0 saturated carbocycles. The van der Waals surface area contributed by atoms with Gasteiger partial charge in [0.05, 0.1) is 4.08 Å². The van der Waals surface area contributed by atoms with Crippen molar-refractivity contribution in [1.29, 1.82) is 0 Å². The molecule has 36 heavy (non-hydrogen) atoms. The average molecular weight is 547 g/mol. The van der Waals surface area contributed by atoms with Gasteiger partial charge in [-0.05, 0) is 39.5 Å². The molecule has 1 spiro atoms. The van der Waals surface area contributed by atoms with E-state index in [1.165, 1.54) is 0 Å². The summed E-state index contributed by atoms with van der Waals surface area (Å²) in [6.07, 6.45) is 3.30. The fourth-order valence-corrected chi connectivity index (χ4v) is 7.54. The second-order valence-electron chi connectivity index (χ2n) is 10.7. The zero-order valence-electron chi connectivity index (χ0n) is 22.1. The number of hydroxylamine groups is 1. The summed E-state index contributed by atoms with van der Waals surface area (Å²) in [5.74, 6) is 0.961. The summed E-state index contributed by atoms with van der Waals surface area (Å²) >= 11 is 3.61. The highest BCUT2D eigenvalue weighted by Crippen LogP contribution is 2.52. The highest BCUT2D eigenvalue weighted by Gasteiger charge is 2.52. The molecule has 206 valence electrons. The first kappa shape index (κ1) is 30.6. The van der Waals surface area contributed by atoms with E-state index >= 15 is 0 Å². The maximum atomic E-state index is 13.7. The Hall–Kier alpha value is -1.66. The van der Waals surface area contributed by atoms with Gasteiger partial charge in [-0.15, -0.1) is 23.5 Å². The third kappa shape index (κ3) is 9.33. The zero-order valence-corrected chi connectivity index (χ0v) is 23.7. The van der Waals surface area contributed by atoms with Crippen LogP contribution in [0.15, 0.2) is 0 Å². The Morgan fingerprint density at radius 2 is 1.72 bits per heavy atom. The van der Waals surface area contributed by atoms with Crippen LogP contribution in [0.1, 0.15) is 73.1 Å². The van der Waals surface area contributed by atoms with Crippen molar-refractivity contribution in [1.82, 2.24) is 21.0 Å². The van der Waals surface area contributed by atoms with Gasteiger partial charge >= 0.3 is 6.09 Å². The van der Waals surface area contributed by atoms with Crippen LogP contribution in [0.4, 0.5) is 4.79 Å². The monoisotopic (exact) mass is 546 g/mol. The van der Waals surface area contributed by atoms with Crippen LogP contribution in [-0.2, 0) is 19.1 Å². The second-order valence-corrected chi connectivity index (χ2v) is 13.9. The molecule has 10 nitrogen and oxygen atoms in total. The molecule has 2 rings (SSSR count). The number of hydrogen-bond donors (Lipinski definition) is 4. The Labute approximate surface area is 222 Å². The van der Waals surface area contributed by atoms with Crippen molar-refractivity contribution >= 4 is 47.3 Å². The van der Waals surface area contributed by atoms with Crippen LogP contribution in [0.5, 0.6) is 0 Å². The van der Waals surface area contributed by atoms with Crippen molar-refractivity contribution in [3.63, 3.8) is 0 Å². The van der Waals surface area contributed by atoms with E-state index in [1.807, 2.05) is 13.8 Å². The minimum Gasteiger partial charge on any atom is -0.444 e. The number of thioether (sulfide) groups is 2. The average Bonchev–Trinajstić information content (AvgIpc) is 3.41. The van der Waals surface area contributed by atoms with Crippen molar-refractivity contribution < 1.29 is 29.1 Å². The molecule has 0 aromatic rings. The summed E-state index contributed by atoms with van der Waals surface area (Å²) in [4.78, 5) is 52.0. The number of hydrogen-bond acceptors (Lipinski definition) is 8.